The first-order chi connectivity index (χ1) is 13.3. The lowest BCUT2D eigenvalue weighted by Gasteiger charge is -2.11. The van der Waals surface area contributed by atoms with Gasteiger partial charge in [0.2, 0.25) is 0 Å². The number of halogens is 1. The van der Waals surface area contributed by atoms with E-state index in [1.807, 2.05) is 26.0 Å². The molecule has 1 N–H and O–H groups in total. The second kappa shape index (κ2) is 8.27. The van der Waals surface area contributed by atoms with E-state index < -0.39 is 0 Å². The molecular weight excluding hydrogens is 378 g/mol. The molecule has 2 aromatic carbocycles. The minimum atomic E-state index is -0.266. The van der Waals surface area contributed by atoms with Crippen molar-refractivity contribution in [2.24, 2.45) is 7.05 Å². The van der Waals surface area contributed by atoms with Gasteiger partial charge < -0.3 is 10.1 Å². The lowest BCUT2D eigenvalue weighted by Crippen LogP contribution is -2.20. The van der Waals surface area contributed by atoms with Gasteiger partial charge in [-0.25, -0.2) is 4.68 Å². The van der Waals surface area contributed by atoms with Gasteiger partial charge in [-0.15, -0.1) is 0 Å². The van der Waals surface area contributed by atoms with E-state index in [-0.39, 0.29) is 18.1 Å². The Kier molecular flexibility index (Phi) is 5.80. The average molecular weight is 398 g/mol. The molecule has 1 aromatic heterocycles. The van der Waals surface area contributed by atoms with Crippen molar-refractivity contribution >= 4 is 23.2 Å². The Morgan fingerprint density at radius 3 is 2.36 bits per heavy atom. The number of carbonyl (C=O) groups excluding carboxylic acids is 1. The molecule has 6 nitrogen and oxygen atoms in total. The fraction of sp³-hybridized carbons (Fsp3) is 0.190. The van der Waals surface area contributed by atoms with Crippen molar-refractivity contribution in [2.75, 3.05) is 11.9 Å². The number of benzene rings is 2. The number of anilines is 1. The molecule has 0 aliphatic rings. The summed E-state index contributed by atoms with van der Waals surface area (Å²) in [6.07, 6.45) is 0. The van der Waals surface area contributed by atoms with E-state index in [2.05, 4.69) is 10.4 Å². The summed E-state index contributed by atoms with van der Waals surface area (Å²) in [6.45, 7) is 3.68. The van der Waals surface area contributed by atoms with Gasteiger partial charge in [-0.05, 0) is 55.3 Å². The summed E-state index contributed by atoms with van der Waals surface area (Å²) in [5, 5.41) is 7.69. The molecule has 0 atom stereocenters. The van der Waals surface area contributed by atoms with Crippen molar-refractivity contribution in [2.45, 2.75) is 13.8 Å². The summed E-state index contributed by atoms with van der Waals surface area (Å²) in [4.78, 5) is 23.6. The molecule has 1 heterocycles. The van der Waals surface area contributed by atoms with E-state index in [0.717, 1.165) is 16.7 Å². The van der Waals surface area contributed by atoms with Crippen molar-refractivity contribution in [3.05, 3.63) is 75.0 Å². The highest BCUT2D eigenvalue weighted by Crippen LogP contribution is 2.26. The van der Waals surface area contributed by atoms with E-state index >= 15 is 0 Å². The van der Waals surface area contributed by atoms with Crippen LogP contribution >= 0.6 is 11.6 Å². The molecule has 0 spiro atoms. The Morgan fingerprint density at radius 1 is 1.11 bits per heavy atom. The summed E-state index contributed by atoms with van der Waals surface area (Å²) in [7, 11) is 1.60. The van der Waals surface area contributed by atoms with Gasteiger partial charge in [0.25, 0.3) is 11.5 Å². The maximum atomic E-state index is 12.1. The second-order valence-corrected chi connectivity index (χ2v) is 6.84. The highest BCUT2D eigenvalue weighted by molar-refractivity contribution is 6.32. The zero-order valence-corrected chi connectivity index (χ0v) is 16.6. The topological polar surface area (TPSA) is 73.2 Å². The molecule has 0 aliphatic heterocycles. The molecule has 7 heteroatoms. The minimum Gasteiger partial charge on any atom is -0.484 e. The third-order valence-corrected chi connectivity index (χ3v) is 4.80. The van der Waals surface area contributed by atoms with Gasteiger partial charge in [0.15, 0.2) is 6.61 Å². The number of ether oxygens (including phenoxy) is 1. The summed E-state index contributed by atoms with van der Waals surface area (Å²) in [5.74, 6) is 0.337. The Morgan fingerprint density at radius 2 is 1.75 bits per heavy atom. The molecule has 3 rings (SSSR count). The Hall–Kier alpha value is -3.12. The minimum absolute atomic E-state index is 0.107. The van der Waals surface area contributed by atoms with Crippen LogP contribution in [-0.4, -0.2) is 22.3 Å². The Bertz CT molecular complexity index is 1050. The second-order valence-electron chi connectivity index (χ2n) is 6.47. The predicted molar refractivity (Wildman–Crippen MR) is 110 cm³/mol. The van der Waals surface area contributed by atoms with E-state index in [9.17, 15) is 9.59 Å². The number of aromatic nitrogens is 2. The van der Waals surface area contributed by atoms with Crippen molar-refractivity contribution in [1.29, 1.82) is 0 Å². The highest BCUT2D eigenvalue weighted by Gasteiger charge is 2.08. The number of rotatable bonds is 5. The summed E-state index contributed by atoms with van der Waals surface area (Å²) < 4.78 is 6.84. The smallest absolute Gasteiger partial charge is 0.266 e. The molecule has 0 aliphatic carbocycles. The van der Waals surface area contributed by atoms with Gasteiger partial charge >= 0.3 is 0 Å². The lowest BCUT2D eigenvalue weighted by molar-refractivity contribution is -0.118. The van der Waals surface area contributed by atoms with Crippen LogP contribution in [0.5, 0.6) is 5.75 Å². The van der Waals surface area contributed by atoms with Crippen LogP contribution in [0.2, 0.25) is 5.02 Å². The fourth-order valence-electron chi connectivity index (χ4n) is 2.72. The molecule has 0 saturated heterocycles. The first-order valence-electron chi connectivity index (χ1n) is 8.67. The molecule has 0 saturated carbocycles. The van der Waals surface area contributed by atoms with Crippen LogP contribution in [0.1, 0.15) is 11.1 Å². The number of carbonyl (C=O) groups is 1. The molecule has 28 heavy (non-hydrogen) atoms. The van der Waals surface area contributed by atoms with Gasteiger partial charge in [-0.2, -0.15) is 5.10 Å². The molecule has 0 radical (unpaired) electrons. The largest absolute Gasteiger partial charge is 0.484 e. The van der Waals surface area contributed by atoms with Crippen molar-refractivity contribution in [3.8, 4) is 17.0 Å². The Balaban J connectivity index is 1.61. The Labute approximate surface area is 167 Å². The third kappa shape index (κ3) is 4.58. The molecule has 0 bridgehead atoms. The van der Waals surface area contributed by atoms with Crippen LogP contribution in [0.3, 0.4) is 0 Å². The SMILES string of the molecule is Cc1cc(OCC(=O)Nc2ccc(-c3ccc(=O)n(C)n3)cc2)cc(C)c1Cl. The maximum absolute atomic E-state index is 12.1. The fourth-order valence-corrected chi connectivity index (χ4v) is 2.83. The highest BCUT2D eigenvalue weighted by atomic mass is 35.5. The number of hydrogen-bond donors (Lipinski definition) is 1. The van der Waals surface area contributed by atoms with Crippen molar-refractivity contribution in [3.63, 3.8) is 0 Å². The predicted octanol–water partition coefficient (Wildman–Crippen LogP) is 3.74. The van der Waals surface area contributed by atoms with Gasteiger partial charge in [-0.1, -0.05) is 23.7 Å². The van der Waals surface area contributed by atoms with Crippen LogP contribution in [0, 0.1) is 13.8 Å². The quantitative estimate of drug-likeness (QED) is 0.711. The summed E-state index contributed by atoms with van der Waals surface area (Å²) in [5.41, 5.74) is 3.80. The number of nitrogens with zero attached hydrogens (tertiary/aromatic N) is 2. The number of nitrogens with one attached hydrogen (secondary N) is 1. The summed E-state index contributed by atoms with van der Waals surface area (Å²) >= 11 is 6.14. The van der Waals surface area contributed by atoms with Gasteiger partial charge in [-0.3, -0.25) is 9.59 Å². The normalized spacial score (nSPS) is 10.6. The maximum Gasteiger partial charge on any atom is 0.266 e. The number of aryl methyl sites for hydroxylation is 3. The van der Waals surface area contributed by atoms with E-state index in [0.29, 0.717) is 22.2 Å². The third-order valence-electron chi connectivity index (χ3n) is 4.20. The van der Waals surface area contributed by atoms with Crippen molar-refractivity contribution in [1.82, 2.24) is 9.78 Å². The number of hydrogen-bond acceptors (Lipinski definition) is 4. The molecule has 144 valence electrons. The van der Waals surface area contributed by atoms with E-state index in [4.69, 9.17) is 16.3 Å². The standard InChI is InChI=1S/C21H20ClN3O3/c1-13-10-17(11-14(2)21(13)22)28-12-19(26)23-16-6-4-15(5-7-16)18-8-9-20(27)25(3)24-18/h4-11H,12H2,1-3H3,(H,23,26). The van der Waals surface area contributed by atoms with Crippen molar-refractivity contribution < 1.29 is 9.53 Å². The first-order valence-corrected chi connectivity index (χ1v) is 9.05. The zero-order chi connectivity index (χ0) is 20.3. The first kappa shape index (κ1) is 19.6. The van der Waals surface area contributed by atoms with Crippen LogP contribution in [0.15, 0.2) is 53.3 Å². The number of amides is 1. The van der Waals surface area contributed by atoms with Gasteiger partial charge in [0, 0.05) is 29.4 Å². The average Bonchev–Trinajstić information content (AvgIpc) is 2.67. The summed E-state index contributed by atoms with van der Waals surface area (Å²) in [6, 6.07) is 13.9. The monoisotopic (exact) mass is 397 g/mol. The molecule has 0 fully saturated rings. The van der Waals surface area contributed by atoms with Crippen LogP contribution in [0.4, 0.5) is 5.69 Å². The molecule has 3 aromatic rings. The molecule has 1 amide bonds. The van der Waals surface area contributed by atoms with E-state index in [1.165, 1.54) is 10.7 Å². The molecule has 0 unspecified atom stereocenters. The molecular formula is C21H20ClN3O3. The van der Waals surface area contributed by atoms with E-state index in [1.54, 1.807) is 37.4 Å². The van der Waals surface area contributed by atoms with Crippen LogP contribution in [0.25, 0.3) is 11.3 Å². The zero-order valence-electron chi connectivity index (χ0n) is 15.8. The van der Waals surface area contributed by atoms with Crippen LogP contribution in [-0.2, 0) is 11.8 Å². The lowest BCUT2D eigenvalue weighted by atomic mass is 10.1. The van der Waals surface area contributed by atoms with Gasteiger partial charge in [0.1, 0.15) is 5.75 Å². The van der Waals surface area contributed by atoms with Gasteiger partial charge in [0.05, 0.1) is 5.69 Å². The van der Waals surface area contributed by atoms with Crippen LogP contribution < -0.4 is 15.6 Å².